The number of non-ortho nitro benzene ring substituents is 1. The molecule has 0 radical (unpaired) electrons. The third-order valence-corrected chi connectivity index (χ3v) is 4.63. The SMILES string of the molecule is Cc1ccc(F)c(N2CCCC(NC(=O)COc3cccc([N+](=O)[O-])c3)C2)c1. The Bertz CT molecular complexity index is 874. The second-order valence-corrected chi connectivity index (χ2v) is 6.85. The lowest BCUT2D eigenvalue weighted by Crippen LogP contribution is -2.49. The van der Waals surface area contributed by atoms with Crippen molar-refractivity contribution in [1.82, 2.24) is 5.32 Å². The number of aryl methyl sites for hydroxylation is 1. The van der Waals surface area contributed by atoms with E-state index in [1.54, 1.807) is 12.1 Å². The zero-order valence-corrected chi connectivity index (χ0v) is 15.6. The van der Waals surface area contributed by atoms with Crippen LogP contribution < -0.4 is 15.0 Å². The molecule has 28 heavy (non-hydrogen) atoms. The molecule has 0 saturated carbocycles. The van der Waals surface area contributed by atoms with Crippen LogP contribution in [0.1, 0.15) is 18.4 Å². The van der Waals surface area contributed by atoms with E-state index < -0.39 is 4.92 Å². The number of hydrogen-bond donors (Lipinski definition) is 1. The lowest BCUT2D eigenvalue weighted by Gasteiger charge is -2.35. The Labute approximate surface area is 162 Å². The van der Waals surface area contributed by atoms with Crippen molar-refractivity contribution < 1.29 is 18.8 Å². The van der Waals surface area contributed by atoms with Crippen molar-refractivity contribution in [2.75, 3.05) is 24.6 Å². The standard InChI is InChI=1S/C20H22FN3O4/c1-14-7-8-18(21)19(10-14)23-9-3-4-15(12-23)22-20(25)13-28-17-6-2-5-16(11-17)24(26)27/h2,5-8,10-11,15H,3-4,9,12-13H2,1H3,(H,22,25). The number of ether oxygens (including phenoxy) is 1. The molecule has 0 bridgehead atoms. The van der Waals surface area contributed by atoms with Crippen LogP contribution in [0.15, 0.2) is 42.5 Å². The largest absolute Gasteiger partial charge is 0.484 e. The molecule has 0 aliphatic carbocycles. The number of nitrogens with zero attached hydrogens (tertiary/aromatic N) is 2. The summed E-state index contributed by atoms with van der Waals surface area (Å²) < 4.78 is 19.5. The third-order valence-electron chi connectivity index (χ3n) is 4.63. The summed E-state index contributed by atoms with van der Waals surface area (Å²) in [5.74, 6) is -0.328. The molecule has 1 aliphatic heterocycles. The Kier molecular flexibility index (Phi) is 6.08. The molecule has 8 heteroatoms. The van der Waals surface area contributed by atoms with Gasteiger partial charge in [-0.15, -0.1) is 0 Å². The minimum Gasteiger partial charge on any atom is -0.484 e. The van der Waals surface area contributed by atoms with E-state index in [0.29, 0.717) is 12.2 Å². The Morgan fingerprint density at radius 2 is 2.18 bits per heavy atom. The fraction of sp³-hybridized carbons (Fsp3) is 0.350. The van der Waals surface area contributed by atoms with E-state index in [9.17, 15) is 19.3 Å². The summed E-state index contributed by atoms with van der Waals surface area (Å²) in [6, 6.07) is 10.6. The van der Waals surface area contributed by atoms with Crippen LogP contribution in [-0.2, 0) is 4.79 Å². The number of nitro groups is 1. The summed E-state index contributed by atoms with van der Waals surface area (Å²) in [5, 5.41) is 13.7. The molecule has 0 spiro atoms. The molecule has 148 valence electrons. The summed E-state index contributed by atoms with van der Waals surface area (Å²) in [5.41, 5.74) is 1.43. The van der Waals surface area contributed by atoms with E-state index in [1.165, 1.54) is 24.3 Å². The van der Waals surface area contributed by atoms with E-state index in [0.717, 1.165) is 24.9 Å². The fourth-order valence-corrected chi connectivity index (χ4v) is 3.28. The second kappa shape index (κ2) is 8.69. The number of hydrogen-bond acceptors (Lipinski definition) is 5. The van der Waals surface area contributed by atoms with Gasteiger partial charge in [0.05, 0.1) is 16.7 Å². The predicted molar refractivity (Wildman–Crippen MR) is 103 cm³/mol. The highest BCUT2D eigenvalue weighted by Gasteiger charge is 2.23. The topological polar surface area (TPSA) is 84.7 Å². The van der Waals surface area contributed by atoms with Crippen LogP contribution in [-0.4, -0.2) is 36.6 Å². The van der Waals surface area contributed by atoms with Crippen molar-refractivity contribution in [3.05, 3.63) is 64.0 Å². The molecule has 1 fully saturated rings. The Hall–Kier alpha value is -3.16. The highest BCUT2D eigenvalue weighted by molar-refractivity contribution is 5.78. The Morgan fingerprint density at radius 3 is 2.96 bits per heavy atom. The third kappa shape index (κ3) is 4.97. The van der Waals surface area contributed by atoms with Gasteiger partial charge in [0, 0.05) is 25.2 Å². The minimum absolute atomic E-state index is 0.0963. The van der Waals surface area contributed by atoms with Crippen molar-refractivity contribution in [1.29, 1.82) is 0 Å². The summed E-state index contributed by atoms with van der Waals surface area (Å²) >= 11 is 0. The van der Waals surface area contributed by atoms with Gasteiger partial charge in [0.2, 0.25) is 0 Å². The van der Waals surface area contributed by atoms with Gasteiger partial charge in [0.25, 0.3) is 11.6 Å². The molecular weight excluding hydrogens is 365 g/mol. The number of carbonyl (C=O) groups is 1. The molecule has 1 aliphatic rings. The summed E-state index contributed by atoms with van der Waals surface area (Å²) in [7, 11) is 0. The zero-order valence-electron chi connectivity index (χ0n) is 15.6. The lowest BCUT2D eigenvalue weighted by atomic mass is 10.0. The average Bonchev–Trinajstić information content (AvgIpc) is 2.68. The quantitative estimate of drug-likeness (QED) is 0.608. The van der Waals surface area contributed by atoms with Gasteiger partial charge in [-0.1, -0.05) is 12.1 Å². The van der Waals surface area contributed by atoms with Gasteiger partial charge in [0.1, 0.15) is 11.6 Å². The Balaban J connectivity index is 1.54. The van der Waals surface area contributed by atoms with Gasteiger partial charge in [-0.3, -0.25) is 14.9 Å². The lowest BCUT2D eigenvalue weighted by molar-refractivity contribution is -0.384. The molecule has 7 nitrogen and oxygen atoms in total. The maximum Gasteiger partial charge on any atom is 0.273 e. The molecule has 2 aromatic carbocycles. The first-order chi connectivity index (χ1) is 13.4. The van der Waals surface area contributed by atoms with E-state index >= 15 is 0 Å². The van der Waals surface area contributed by atoms with Crippen molar-refractivity contribution in [2.24, 2.45) is 0 Å². The van der Waals surface area contributed by atoms with Gasteiger partial charge in [-0.2, -0.15) is 0 Å². The molecule has 1 amide bonds. The van der Waals surface area contributed by atoms with Crippen LogP contribution >= 0.6 is 0 Å². The van der Waals surface area contributed by atoms with Gasteiger partial charge in [0.15, 0.2) is 6.61 Å². The highest BCUT2D eigenvalue weighted by atomic mass is 19.1. The number of amides is 1. The monoisotopic (exact) mass is 387 g/mol. The minimum atomic E-state index is -0.520. The van der Waals surface area contributed by atoms with Gasteiger partial charge < -0.3 is 15.0 Å². The van der Waals surface area contributed by atoms with Crippen LogP contribution in [0, 0.1) is 22.9 Å². The van der Waals surface area contributed by atoms with Crippen LogP contribution in [0.5, 0.6) is 5.75 Å². The van der Waals surface area contributed by atoms with E-state index in [4.69, 9.17) is 4.74 Å². The predicted octanol–water partition coefficient (Wildman–Crippen LogP) is 3.21. The number of anilines is 1. The maximum absolute atomic E-state index is 14.1. The summed E-state index contributed by atoms with van der Waals surface area (Å²) in [6.07, 6.45) is 1.64. The summed E-state index contributed by atoms with van der Waals surface area (Å²) in [6.45, 7) is 2.92. The average molecular weight is 387 g/mol. The van der Waals surface area contributed by atoms with Crippen LogP contribution in [0.3, 0.4) is 0 Å². The first kappa shape index (κ1) is 19.6. The van der Waals surface area contributed by atoms with Gasteiger partial charge in [-0.05, 0) is 43.5 Å². The fourth-order valence-electron chi connectivity index (χ4n) is 3.28. The van der Waals surface area contributed by atoms with E-state index in [2.05, 4.69) is 5.32 Å². The molecule has 1 unspecified atom stereocenters. The van der Waals surface area contributed by atoms with Crippen molar-refractivity contribution in [2.45, 2.75) is 25.8 Å². The first-order valence-corrected chi connectivity index (χ1v) is 9.10. The smallest absolute Gasteiger partial charge is 0.273 e. The molecule has 0 aromatic heterocycles. The van der Waals surface area contributed by atoms with Crippen molar-refractivity contribution in [3.63, 3.8) is 0 Å². The highest BCUT2D eigenvalue weighted by Crippen LogP contribution is 2.24. The Morgan fingerprint density at radius 1 is 1.36 bits per heavy atom. The molecular formula is C20H22FN3O4. The van der Waals surface area contributed by atoms with Crippen LogP contribution in [0.4, 0.5) is 15.8 Å². The molecule has 1 heterocycles. The zero-order chi connectivity index (χ0) is 20.1. The number of nitro benzene ring substituents is 1. The van der Waals surface area contributed by atoms with Crippen molar-refractivity contribution in [3.8, 4) is 5.75 Å². The molecule has 2 aromatic rings. The molecule has 3 rings (SSSR count). The van der Waals surface area contributed by atoms with Gasteiger partial charge >= 0.3 is 0 Å². The molecule has 1 saturated heterocycles. The number of rotatable bonds is 6. The summed E-state index contributed by atoms with van der Waals surface area (Å²) in [4.78, 5) is 24.4. The maximum atomic E-state index is 14.1. The van der Waals surface area contributed by atoms with Gasteiger partial charge in [-0.25, -0.2) is 4.39 Å². The molecule has 1 atom stereocenters. The van der Waals surface area contributed by atoms with Crippen molar-refractivity contribution >= 4 is 17.3 Å². The molecule has 1 N–H and O–H groups in total. The van der Waals surface area contributed by atoms with Crippen LogP contribution in [0.2, 0.25) is 0 Å². The number of benzene rings is 2. The van der Waals surface area contributed by atoms with E-state index in [-0.39, 0.29) is 35.8 Å². The number of nitrogens with one attached hydrogen (secondary N) is 1. The van der Waals surface area contributed by atoms with Crippen LogP contribution in [0.25, 0.3) is 0 Å². The number of carbonyl (C=O) groups excluding carboxylic acids is 1. The van der Waals surface area contributed by atoms with E-state index in [1.807, 2.05) is 17.9 Å². The number of piperidine rings is 1. The first-order valence-electron chi connectivity index (χ1n) is 9.10. The second-order valence-electron chi connectivity index (χ2n) is 6.85. The number of halogens is 1. The normalized spacial score (nSPS) is 16.5.